The summed E-state index contributed by atoms with van der Waals surface area (Å²) < 4.78 is 10.2. The maximum Gasteiger partial charge on any atom is 0.298 e. The second-order valence-electron chi connectivity index (χ2n) is 6.17. The van der Waals surface area contributed by atoms with Gasteiger partial charge in [0.2, 0.25) is 0 Å². The van der Waals surface area contributed by atoms with E-state index in [1.54, 1.807) is 0 Å². The van der Waals surface area contributed by atoms with Gasteiger partial charge >= 0.3 is 0 Å². The highest BCUT2D eigenvalue weighted by Crippen LogP contribution is 2.51. The lowest BCUT2D eigenvalue weighted by Gasteiger charge is -2.11. The second kappa shape index (κ2) is 6.69. The maximum atomic E-state index is 6.34. The molecule has 5 nitrogen and oxygen atoms in total. The number of aliphatic imine (C=N–C) groups is 1. The average Bonchev–Trinajstić information content (AvgIpc) is 3.12. The third kappa shape index (κ3) is 3.70. The van der Waals surface area contributed by atoms with Gasteiger partial charge in [0.25, 0.3) is 5.19 Å². The van der Waals surface area contributed by atoms with Crippen LogP contribution < -0.4 is 4.74 Å². The van der Waals surface area contributed by atoms with E-state index in [0.29, 0.717) is 11.0 Å². The summed E-state index contributed by atoms with van der Waals surface area (Å²) in [6.45, 7) is 7.03. The van der Waals surface area contributed by atoms with E-state index in [1.807, 2.05) is 44.3 Å². The fraction of sp³-hybridized carbons (Fsp3) is 0.471. The van der Waals surface area contributed by atoms with Crippen LogP contribution in [0.5, 0.6) is 10.9 Å². The topological polar surface area (TPSA) is 50.6 Å². The minimum Gasteiger partial charge on any atom is -0.430 e. The number of hydrogen-bond donors (Lipinski definition) is 0. The maximum absolute atomic E-state index is 6.34. The predicted octanol–water partition coefficient (Wildman–Crippen LogP) is 4.79. The van der Waals surface area contributed by atoms with Gasteiger partial charge in [-0.1, -0.05) is 0 Å². The van der Waals surface area contributed by atoms with Crippen LogP contribution in [0.2, 0.25) is 0 Å². The van der Waals surface area contributed by atoms with E-state index < -0.39 is 0 Å². The molecule has 1 saturated carbocycles. The van der Waals surface area contributed by atoms with Gasteiger partial charge in [0, 0.05) is 25.1 Å². The van der Waals surface area contributed by atoms with Crippen LogP contribution >= 0.6 is 23.1 Å². The second-order valence-corrected chi connectivity index (χ2v) is 7.61. The summed E-state index contributed by atoms with van der Waals surface area (Å²) in [5.74, 6) is 1.46. The fourth-order valence-corrected chi connectivity index (χ4v) is 2.99. The summed E-state index contributed by atoms with van der Waals surface area (Å²) in [4.78, 5) is 10.6. The molecule has 1 heterocycles. The molecule has 1 fully saturated rings. The molecule has 0 bridgehead atoms. The zero-order valence-corrected chi connectivity index (χ0v) is 15.9. The van der Waals surface area contributed by atoms with E-state index >= 15 is 0 Å². The molecule has 0 spiro atoms. The van der Waals surface area contributed by atoms with Crippen LogP contribution in [-0.4, -0.2) is 34.2 Å². The standard InChI is InChI=1S/C17H21ClN4OS/c1-5-22(4)10-19-13-8-12(3)14(9-11(13)2)23-16-20-15(21-24-16)17(18)6-7-17/h8-10H,5-7H2,1-4H3. The molecule has 1 aromatic carbocycles. The Morgan fingerprint density at radius 1 is 1.38 bits per heavy atom. The van der Waals surface area contributed by atoms with Gasteiger partial charge in [0.05, 0.1) is 12.0 Å². The molecule has 0 N–H and O–H groups in total. The molecule has 2 aromatic rings. The van der Waals surface area contributed by atoms with Gasteiger partial charge < -0.3 is 9.64 Å². The molecule has 0 saturated heterocycles. The Bertz CT molecular complexity index is 770. The van der Waals surface area contributed by atoms with Crippen molar-refractivity contribution in [1.29, 1.82) is 0 Å². The summed E-state index contributed by atoms with van der Waals surface area (Å²) in [5, 5.41) is 0.529. The van der Waals surface area contributed by atoms with Crippen molar-refractivity contribution in [3.05, 3.63) is 29.1 Å². The molecule has 1 aliphatic carbocycles. The van der Waals surface area contributed by atoms with E-state index in [0.717, 1.165) is 42.0 Å². The molecule has 24 heavy (non-hydrogen) atoms. The molecular weight excluding hydrogens is 344 g/mol. The molecule has 1 aromatic heterocycles. The SMILES string of the molecule is CCN(C)C=Nc1cc(C)c(Oc2nc(C3(Cl)CC3)ns2)cc1C. The first-order chi connectivity index (χ1) is 11.4. The van der Waals surface area contributed by atoms with Crippen molar-refractivity contribution in [1.82, 2.24) is 14.3 Å². The fourth-order valence-electron chi connectivity index (χ4n) is 2.13. The van der Waals surface area contributed by atoms with Gasteiger partial charge in [-0.3, -0.25) is 0 Å². The van der Waals surface area contributed by atoms with Gasteiger partial charge in [0.1, 0.15) is 10.6 Å². The van der Waals surface area contributed by atoms with Crippen molar-refractivity contribution in [3.8, 4) is 10.9 Å². The summed E-state index contributed by atoms with van der Waals surface area (Å²) in [6, 6.07) is 4.01. The molecule has 0 unspecified atom stereocenters. The van der Waals surface area contributed by atoms with Crippen molar-refractivity contribution in [2.24, 2.45) is 4.99 Å². The highest BCUT2D eigenvalue weighted by Gasteiger charge is 2.46. The molecule has 0 atom stereocenters. The number of halogens is 1. The van der Waals surface area contributed by atoms with Crippen LogP contribution in [0.4, 0.5) is 5.69 Å². The Kier molecular flexibility index (Phi) is 4.78. The van der Waals surface area contributed by atoms with Crippen molar-refractivity contribution < 1.29 is 4.74 Å². The highest BCUT2D eigenvalue weighted by molar-refractivity contribution is 7.07. The number of aryl methyl sites for hydroxylation is 2. The van der Waals surface area contributed by atoms with Gasteiger partial charge in [-0.2, -0.15) is 9.36 Å². The minimum atomic E-state index is -0.354. The van der Waals surface area contributed by atoms with Crippen molar-refractivity contribution in [2.45, 2.75) is 38.5 Å². The van der Waals surface area contributed by atoms with Crippen molar-refractivity contribution in [3.63, 3.8) is 0 Å². The Labute approximate surface area is 151 Å². The number of alkyl halides is 1. The summed E-state index contributed by atoms with van der Waals surface area (Å²) in [7, 11) is 2.00. The van der Waals surface area contributed by atoms with E-state index in [9.17, 15) is 0 Å². The molecule has 128 valence electrons. The lowest BCUT2D eigenvalue weighted by Crippen LogP contribution is -2.14. The minimum absolute atomic E-state index is 0.354. The Morgan fingerprint density at radius 3 is 2.79 bits per heavy atom. The number of aromatic nitrogens is 2. The number of hydrogen-bond acceptors (Lipinski definition) is 5. The smallest absolute Gasteiger partial charge is 0.298 e. The first-order valence-corrected chi connectivity index (χ1v) is 9.13. The normalized spacial score (nSPS) is 15.7. The largest absolute Gasteiger partial charge is 0.430 e. The van der Waals surface area contributed by atoms with E-state index in [2.05, 4.69) is 21.3 Å². The molecular formula is C17H21ClN4OS. The highest BCUT2D eigenvalue weighted by atomic mass is 35.5. The van der Waals surface area contributed by atoms with Gasteiger partial charge in [-0.15, -0.1) is 11.6 Å². The van der Waals surface area contributed by atoms with E-state index in [4.69, 9.17) is 16.3 Å². The Morgan fingerprint density at radius 2 is 2.12 bits per heavy atom. The first kappa shape index (κ1) is 17.2. The zero-order valence-electron chi connectivity index (χ0n) is 14.3. The van der Waals surface area contributed by atoms with E-state index in [-0.39, 0.29) is 4.87 Å². The van der Waals surface area contributed by atoms with Gasteiger partial charge in [-0.05, 0) is 56.9 Å². The third-order valence-electron chi connectivity index (χ3n) is 4.08. The number of nitrogens with zero attached hydrogens (tertiary/aromatic N) is 4. The number of ether oxygens (including phenoxy) is 1. The lowest BCUT2D eigenvalue weighted by molar-refractivity contribution is 0.472. The first-order valence-electron chi connectivity index (χ1n) is 7.98. The van der Waals surface area contributed by atoms with Crippen LogP contribution in [-0.2, 0) is 4.87 Å². The van der Waals surface area contributed by atoms with Crippen LogP contribution in [0.1, 0.15) is 36.7 Å². The molecule has 7 heteroatoms. The van der Waals surface area contributed by atoms with Gasteiger partial charge in [-0.25, -0.2) is 4.99 Å². The molecule has 3 rings (SSSR count). The Hall–Kier alpha value is -1.66. The number of rotatable bonds is 6. The summed E-state index contributed by atoms with van der Waals surface area (Å²) in [6.07, 6.45) is 3.71. The van der Waals surface area contributed by atoms with Crippen LogP contribution in [0.3, 0.4) is 0 Å². The van der Waals surface area contributed by atoms with E-state index in [1.165, 1.54) is 11.5 Å². The molecule has 1 aliphatic rings. The zero-order chi connectivity index (χ0) is 17.3. The molecule has 0 aliphatic heterocycles. The van der Waals surface area contributed by atoms with Crippen LogP contribution in [0.25, 0.3) is 0 Å². The van der Waals surface area contributed by atoms with Crippen LogP contribution in [0.15, 0.2) is 17.1 Å². The summed E-state index contributed by atoms with van der Waals surface area (Å²) >= 11 is 7.58. The van der Waals surface area contributed by atoms with Crippen LogP contribution in [0, 0.1) is 13.8 Å². The van der Waals surface area contributed by atoms with Crippen molar-refractivity contribution in [2.75, 3.05) is 13.6 Å². The molecule has 0 radical (unpaired) electrons. The monoisotopic (exact) mass is 364 g/mol. The van der Waals surface area contributed by atoms with Crippen molar-refractivity contribution >= 4 is 35.2 Å². The quantitative estimate of drug-likeness (QED) is 0.420. The van der Waals surface area contributed by atoms with Gasteiger partial charge in [0.15, 0.2) is 5.82 Å². The third-order valence-corrected chi connectivity index (χ3v) is 5.22. The lowest BCUT2D eigenvalue weighted by atomic mass is 10.1. The average molecular weight is 365 g/mol. The summed E-state index contributed by atoms with van der Waals surface area (Å²) in [5.41, 5.74) is 3.00. The Balaban J connectivity index is 1.78. The number of benzene rings is 1. The molecule has 0 amide bonds. The predicted molar refractivity (Wildman–Crippen MR) is 99.1 cm³/mol.